The molecule has 0 spiro atoms. The third-order valence-electron chi connectivity index (χ3n) is 4.84. The number of halogens is 1. The first kappa shape index (κ1) is 21.6. The van der Waals surface area contributed by atoms with Gasteiger partial charge >= 0.3 is 0 Å². The number of carbonyl (C=O) groups is 1. The van der Waals surface area contributed by atoms with Crippen LogP contribution >= 0.6 is 11.6 Å². The van der Waals surface area contributed by atoms with Crippen molar-refractivity contribution in [1.82, 2.24) is 9.62 Å². The first-order chi connectivity index (χ1) is 13.8. The molecule has 1 amide bonds. The number of sulfonamides is 1. The van der Waals surface area contributed by atoms with Gasteiger partial charge in [0.05, 0.1) is 11.1 Å². The van der Waals surface area contributed by atoms with Gasteiger partial charge in [0, 0.05) is 18.7 Å². The smallest absolute Gasteiger partial charge is 0.251 e. The summed E-state index contributed by atoms with van der Waals surface area (Å²) in [6.45, 7) is 5.02. The van der Waals surface area contributed by atoms with Crippen molar-refractivity contribution in [3.8, 4) is 5.75 Å². The molecule has 1 unspecified atom stereocenters. The van der Waals surface area contributed by atoms with Gasteiger partial charge in [-0.1, -0.05) is 29.8 Å². The van der Waals surface area contributed by atoms with Crippen molar-refractivity contribution in [3.05, 3.63) is 58.6 Å². The Hall–Kier alpha value is -2.09. The normalized spacial score (nSPS) is 15.8. The molecule has 1 aliphatic heterocycles. The Morgan fingerprint density at radius 2 is 1.90 bits per heavy atom. The maximum atomic E-state index is 12.8. The summed E-state index contributed by atoms with van der Waals surface area (Å²) in [6, 6.07) is 11.7. The maximum Gasteiger partial charge on any atom is 0.251 e. The molecular formula is C21H25ClN2O4S. The van der Waals surface area contributed by atoms with Gasteiger partial charge in [0.25, 0.3) is 5.91 Å². The fraction of sp³-hybridized carbons (Fsp3) is 0.381. The van der Waals surface area contributed by atoms with Crippen molar-refractivity contribution in [3.63, 3.8) is 0 Å². The lowest BCUT2D eigenvalue weighted by Gasteiger charge is -2.18. The van der Waals surface area contributed by atoms with E-state index in [1.807, 2.05) is 38.1 Å². The number of nitrogens with one attached hydrogen (secondary N) is 1. The molecule has 8 heteroatoms. The topological polar surface area (TPSA) is 75.7 Å². The van der Waals surface area contributed by atoms with E-state index in [0.29, 0.717) is 19.7 Å². The zero-order chi connectivity index (χ0) is 21.0. The molecule has 156 valence electrons. The number of para-hydroxylation sites is 1. The molecule has 3 rings (SSSR count). The van der Waals surface area contributed by atoms with Crippen LogP contribution in [-0.2, 0) is 10.0 Å². The largest absolute Gasteiger partial charge is 0.491 e. The molecule has 0 aliphatic carbocycles. The number of hydrogen-bond donors (Lipinski definition) is 1. The standard InChI is InChI=1S/C21H25ClN2O4S/c1-15-7-3-4-8-19(15)28-14-16(2)23-21(25)17-9-10-18(22)20(13-17)29(26,27)24-11-5-6-12-24/h3-4,7-10,13,16H,5-6,11-12,14H2,1-2H3,(H,23,25). The number of amides is 1. The Labute approximate surface area is 176 Å². The summed E-state index contributed by atoms with van der Waals surface area (Å²) in [5.74, 6) is 0.388. The minimum absolute atomic E-state index is 0.0301. The molecule has 0 radical (unpaired) electrons. The fourth-order valence-corrected chi connectivity index (χ4v) is 5.21. The van der Waals surface area contributed by atoms with Crippen LogP contribution < -0.4 is 10.1 Å². The van der Waals surface area contributed by atoms with Crippen molar-refractivity contribution in [1.29, 1.82) is 0 Å². The Morgan fingerprint density at radius 1 is 1.21 bits per heavy atom. The van der Waals surface area contributed by atoms with Gasteiger partial charge in [0.15, 0.2) is 0 Å². The lowest BCUT2D eigenvalue weighted by molar-refractivity contribution is 0.0926. The Bertz CT molecular complexity index is 988. The average molecular weight is 437 g/mol. The molecule has 1 heterocycles. The second-order valence-electron chi connectivity index (χ2n) is 7.21. The van der Waals surface area contributed by atoms with Gasteiger partial charge in [-0.3, -0.25) is 4.79 Å². The first-order valence-corrected chi connectivity index (χ1v) is 11.4. The summed E-state index contributed by atoms with van der Waals surface area (Å²) in [4.78, 5) is 12.6. The number of hydrogen-bond acceptors (Lipinski definition) is 4. The molecule has 6 nitrogen and oxygen atoms in total. The molecule has 1 N–H and O–H groups in total. The second-order valence-corrected chi connectivity index (χ2v) is 9.52. The van der Waals surface area contributed by atoms with Gasteiger partial charge in [0.1, 0.15) is 17.3 Å². The van der Waals surface area contributed by atoms with Crippen LogP contribution in [0.3, 0.4) is 0 Å². The highest BCUT2D eigenvalue weighted by Gasteiger charge is 2.29. The van der Waals surface area contributed by atoms with E-state index in [9.17, 15) is 13.2 Å². The molecule has 1 saturated heterocycles. The van der Waals surface area contributed by atoms with Gasteiger partial charge in [-0.25, -0.2) is 8.42 Å². The van der Waals surface area contributed by atoms with Crippen LogP contribution in [0.1, 0.15) is 35.7 Å². The summed E-state index contributed by atoms with van der Waals surface area (Å²) in [6.07, 6.45) is 1.66. The summed E-state index contributed by atoms with van der Waals surface area (Å²) in [5, 5.41) is 2.95. The number of carbonyl (C=O) groups excluding carboxylic acids is 1. The number of ether oxygens (including phenoxy) is 1. The van der Waals surface area contributed by atoms with Crippen LogP contribution in [0, 0.1) is 6.92 Å². The van der Waals surface area contributed by atoms with E-state index in [4.69, 9.17) is 16.3 Å². The van der Waals surface area contributed by atoms with Crippen LogP contribution in [-0.4, -0.2) is 44.4 Å². The van der Waals surface area contributed by atoms with E-state index in [0.717, 1.165) is 24.2 Å². The predicted molar refractivity (Wildman–Crippen MR) is 113 cm³/mol. The van der Waals surface area contributed by atoms with E-state index < -0.39 is 10.0 Å². The lowest BCUT2D eigenvalue weighted by Crippen LogP contribution is -2.37. The van der Waals surface area contributed by atoms with Crippen LogP contribution in [0.25, 0.3) is 0 Å². The molecule has 2 aromatic carbocycles. The van der Waals surface area contributed by atoms with Crippen molar-refractivity contribution in [2.75, 3.05) is 19.7 Å². The third kappa shape index (κ3) is 5.10. The van der Waals surface area contributed by atoms with Crippen molar-refractivity contribution < 1.29 is 17.9 Å². The van der Waals surface area contributed by atoms with Crippen LogP contribution in [0.4, 0.5) is 0 Å². The van der Waals surface area contributed by atoms with Gasteiger partial charge in [0.2, 0.25) is 10.0 Å². The molecule has 0 aromatic heterocycles. The van der Waals surface area contributed by atoms with Crippen molar-refractivity contribution in [2.45, 2.75) is 37.6 Å². The zero-order valence-corrected chi connectivity index (χ0v) is 18.1. The van der Waals surface area contributed by atoms with Crippen LogP contribution in [0.2, 0.25) is 5.02 Å². The highest BCUT2D eigenvalue weighted by molar-refractivity contribution is 7.89. The second kappa shape index (κ2) is 9.15. The summed E-state index contributed by atoms with van der Waals surface area (Å²) in [7, 11) is -3.71. The van der Waals surface area contributed by atoms with E-state index in [1.54, 1.807) is 0 Å². The Balaban J connectivity index is 1.68. The zero-order valence-electron chi connectivity index (χ0n) is 16.5. The maximum absolute atomic E-state index is 12.8. The molecular weight excluding hydrogens is 412 g/mol. The molecule has 2 aromatic rings. The number of benzene rings is 2. The van der Waals surface area contributed by atoms with Gasteiger partial charge in [-0.2, -0.15) is 4.31 Å². The van der Waals surface area contributed by atoms with Gasteiger partial charge in [-0.05, 0) is 56.5 Å². The SMILES string of the molecule is Cc1ccccc1OCC(C)NC(=O)c1ccc(Cl)c(S(=O)(=O)N2CCCC2)c1. The minimum atomic E-state index is -3.71. The summed E-state index contributed by atoms with van der Waals surface area (Å²) < 4.78 is 32.8. The lowest BCUT2D eigenvalue weighted by atomic mass is 10.2. The molecule has 1 aliphatic rings. The van der Waals surface area contributed by atoms with Gasteiger partial charge < -0.3 is 10.1 Å². The monoisotopic (exact) mass is 436 g/mol. The van der Waals surface area contributed by atoms with E-state index in [-0.39, 0.29) is 27.4 Å². The highest BCUT2D eigenvalue weighted by atomic mass is 35.5. The Morgan fingerprint density at radius 3 is 2.59 bits per heavy atom. The minimum Gasteiger partial charge on any atom is -0.491 e. The number of aryl methyl sites for hydroxylation is 1. The average Bonchev–Trinajstić information content (AvgIpc) is 3.23. The van der Waals surface area contributed by atoms with Crippen LogP contribution in [0.15, 0.2) is 47.4 Å². The number of nitrogens with zero attached hydrogens (tertiary/aromatic N) is 1. The fourth-order valence-electron chi connectivity index (χ4n) is 3.19. The predicted octanol–water partition coefficient (Wildman–Crippen LogP) is 3.63. The quantitative estimate of drug-likeness (QED) is 0.719. The van der Waals surface area contributed by atoms with E-state index >= 15 is 0 Å². The third-order valence-corrected chi connectivity index (χ3v) is 7.22. The molecule has 0 saturated carbocycles. The molecule has 29 heavy (non-hydrogen) atoms. The molecule has 1 fully saturated rings. The highest BCUT2D eigenvalue weighted by Crippen LogP contribution is 2.28. The van der Waals surface area contributed by atoms with Gasteiger partial charge in [-0.15, -0.1) is 0 Å². The van der Waals surface area contributed by atoms with E-state index in [1.165, 1.54) is 22.5 Å². The molecule has 1 atom stereocenters. The first-order valence-electron chi connectivity index (χ1n) is 9.58. The van der Waals surface area contributed by atoms with Crippen molar-refractivity contribution in [2.24, 2.45) is 0 Å². The van der Waals surface area contributed by atoms with Crippen LogP contribution in [0.5, 0.6) is 5.75 Å². The molecule has 0 bridgehead atoms. The van der Waals surface area contributed by atoms with E-state index in [2.05, 4.69) is 5.32 Å². The van der Waals surface area contributed by atoms with Crippen molar-refractivity contribution >= 4 is 27.5 Å². The summed E-state index contributed by atoms with van der Waals surface area (Å²) >= 11 is 6.14. The Kier molecular flexibility index (Phi) is 6.82. The summed E-state index contributed by atoms with van der Waals surface area (Å²) in [5.41, 5.74) is 1.26. The number of rotatable bonds is 7.